The van der Waals surface area contributed by atoms with E-state index in [4.69, 9.17) is 0 Å². The van der Waals surface area contributed by atoms with Crippen molar-refractivity contribution in [3.8, 4) is 11.5 Å². The fourth-order valence-corrected chi connectivity index (χ4v) is 4.75. The van der Waals surface area contributed by atoms with E-state index in [1.165, 1.54) is 12.8 Å². The SMILES string of the molecule is Cc1cc(C)c(O)c(C(c2cc(C)cc(C)c2O)C2CCC(C)CC2)c1. The lowest BCUT2D eigenvalue weighted by molar-refractivity contribution is 0.264. The Balaban J connectivity index is 2.18. The zero-order chi connectivity index (χ0) is 19.0. The molecular formula is C24H32O2. The van der Waals surface area contributed by atoms with E-state index in [-0.39, 0.29) is 5.92 Å². The van der Waals surface area contributed by atoms with E-state index in [2.05, 4.69) is 32.9 Å². The standard InChI is InChI=1S/C24H32O2/c1-14-6-8-19(9-7-14)22(20-12-15(2)10-17(4)23(20)25)21-13-16(3)11-18(5)24(21)26/h10-14,19,22,25-26H,6-9H2,1-5H3. The Bertz CT molecular complexity index is 741. The van der Waals surface area contributed by atoms with E-state index < -0.39 is 0 Å². The molecule has 0 heterocycles. The quantitative estimate of drug-likeness (QED) is 0.681. The second-order valence-corrected chi connectivity index (χ2v) is 8.54. The van der Waals surface area contributed by atoms with Crippen molar-refractivity contribution < 1.29 is 10.2 Å². The first-order valence-electron chi connectivity index (χ1n) is 9.88. The summed E-state index contributed by atoms with van der Waals surface area (Å²) in [4.78, 5) is 0. The molecule has 0 bridgehead atoms. The molecule has 1 aliphatic rings. The summed E-state index contributed by atoms with van der Waals surface area (Å²) in [6, 6.07) is 8.28. The Morgan fingerprint density at radius 3 is 1.58 bits per heavy atom. The van der Waals surface area contributed by atoms with E-state index in [1.807, 2.05) is 26.0 Å². The highest BCUT2D eigenvalue weighted by molar-refractivity contribution is 5.53. The van der Waals surface area contributed by atoms with Crippen LogP contribution in [0.15, 0.2) is 24.3 Å². The molecule has 2 N–H and O–H groups in total. The summed E-state index contributed by atoms with van der Waals surface area (Å²) < 4.78 is 0. The van der Waals surface area contributed by atoms with Gasteiger partial charge < -0.3 is 10.2 Å². The third-order valence-corrected chi connectivity index (χ3v) is 6.15. The minimum Gasteiger partial charge on any atom is -0.507 e. The predicted octanol–water partition coefficient (Wildman–Crippen LogP) is 6.29. The summed E-state index contributed by atoms with van der Waals surface area (Å²) >= 11 is 0. The van der Waals surface area contributed by atoms with E-state index in [9.17, 15) is 10.2 Å². The van der Waals surface area contributed by atoms with Crippen molar-refractivity contribution >= 4 is 0 Å². The molecule has 140 valence electrons. The van der Waals surface area contributed by atoms with Gasteiger partial charge in [0, 0.05) is 17.0 Å². The lowest BCUT2D eigenvalue weighted by atomic mass is 9.70. The van der Waals surface area contributed by atoms with Gasteiger partial charge in [-0.25, -0.2) is 0 Å². The van der Waals surface area contributed by atoms with Crippen molar-refractivity contribution in [3.05, 3.63) is 57.6 Å². The van der Waals surface area contributed by atoms with Crippen LogP contribution in [0.1, 0.15) is 71.9 Å². The molecule has 2 heteroatoms. The Kier molecular flexibility index (Phi) is 5.32. The fraction of sp³-hybridized carbons (Fsp3) is 0.500. The molecule has 2 aromatic rings. The Labute approximate surface area is 157 Å². The van der Waals surface area contributed by atoms with E-state index in [0.29, 0.717) is 17.4 Å². The zero-order valence-electron chi connectivity index (χ0n) is 16.8. The van der Waals surface area contributed by atoms with Gasteiger partial charge in [-0.3, -0.25) is 0 Å². The van der Waals surface area contributed by atoms with Crippen LogP contribution in [-0.2, 0) is 0 Å². The number of benzene rings is 2. The van der Waals surface area contributed by atoms with E-state index in [1.54, 1.807) is 0 Å². The van der Waals surface area contributed by atoms with Gasteiger partial charge in [0.2, 0.25) is 0 Å². The molecule has 3 rings (SSSR count). The number of phenols is 2. The molecule has 0 atom stereocenters. The molecule has 1 aliphatic carbocycles. The molecule has 1 fully saturated rings. The van der Waals surface area contributed by atoms with Crippen molar-refractivity contribution in [1.29, 1.82) is 0 Å². The Morgan fingerprint density at radius 1 is 0.731 bits per heavy atom. The first kappa shape index (κ1) is 18.8. The third-order valence-electron chi connectivity index (χ3n) is 6.15. The maximum Gasteiger partial charge on any atom is 0.122 e. The second kappa shape index (κ2) is 7.34. The smallest absolute Gasteiger partial charge is 0.122 e. The highest BCUT2D eigenvalue weighted by Gasteiger charge is 2.32. The predicted molar refractivity (Wildman–Crippen MR) is 108 cm³/mol. The Morgan fingerprint density at radius 2 is 1.15 bits per heavy atom. The summed E-state index contributed by atoms with van der Waals surface area (Å²) in [7, 11) is 0. The minimum atomic E-state index is 0.0414. The summed E-state index contributed by atoms with van der Waals surface area (Å²) in [6.45, 7) is 10.4. The molecule has 0 aliphatic heterocycles. The molecule has 2 nitrogen and oxygen atoms in total. The van der Waals surface area contributed by atoms with E-state index >= 15 is 0 Å². The van der Waals surface area contributed by atoms with Gasteiger partial charge in [-0.1, -0.05) is 55.2 Å². The highest BCUT2D eigenvalue weighted by atomic mass is 16.3. The zero-order valence-corrected chi connectivity index (χ0v) is 16.8. The van der Waals surface area contributed by atoms with Crippen molar-refractivity contribution in [2.45, 2.75) is 66.2 Å². The molecule has 2 aromatic carbocycles. The van der Waals surface area contributed by atoms with Crippen LogP contribution in [0.4, 0.5) is 0 Å². The van der Waals surface area contributed by atoms with Crippen molar-refractivity contribution in [2.75, 3.05) is 0 Å². The third kappa shape index (κ3) is 3.60. The van der Waals surface area contributed by atoms with Gasteiger partial charge in [0.1, 0.15) is 11.5 Å². The monoisotopic (exact) mass is 352 g/mol. The van der Waals surface area contributed by atoms with E-state index in [0.717, 1.165) is 52.1 Å². The number of rotatable bonds is 3. The van der Waals surface area contributed by atoms with Gasteiger partial charge in [0.25, 0.3) is 0 Å². The van der Waals surface area contributed by atoms with Gasteiger partial charge in [-0.15, -0.1) is 0 Å². The fourth-order valence-electron chi connectivity index (χ4n) is 4.75. The highest BCUT2D eigenvalue weighted by Crippen LogP contribution is 2.48. The Hall–Kier alpha value is -1.96. The van der Waals surface area contributed by atoms with Gasteiger partial charge in [0.15, 0.2) is 0 Å². The molecule has 26 heavy (non-hydrogen) atoms. The van der Waals surface area contributed by atoms with Crippen LogP contribution in [0.3, 0.4) is 0 Å². The lowest BCUT2D eigenvalue weighted by Gasteiger charge is -2.35. The van der Waals surface area contributed by atoms with Gasteiger partial charge in [-0.05, 0) is 63.5 Å². The first-order valence-corrected chi connectivity index (χ1v) is 9.88. The molecular weight excluding hydrogens is 320 g/mol. The van der Waals surface area contributed by atoms with Crippen LogP contribution in [0.2, 0.25) is 0 Å². The summed E-state index contributed by atoms with van der Waals surface area (Å²) in [5.41, 5.74) is 6.10. The molecule has 0 radical (unpaired) electrons. The van der Waals surface area contributed by atoms with Crippen LogP contribution in [-0.4, -0.2) is 10.2 Å². The molecule has 0 spiro atoms. The van der Waals surface area contributed by atoms with Crippen LogP contribution < -0.4 is 0 Å². The largest absolute Gasteiger partial charge is 0.507 e. The van der Waals surface area contributed by atoms with Crippen molar-refractivity contribution in [1.82, 2.24) is 0 Å². The maximum absolute atomic E-state index is 10.9. The summed E-state index contributed by atoms with van der Waals surface area (Å²) in [6.07, 6.45) is 4.73. The molecule has 1 saturated carbocycles. The summed E-state index contributed by atoms with van der Waals surface area (Å²) in [5, 5.41) is 21.8. The minimum absolute atomic E-state index is 0.0414. The van der Waals surface area contributed by atoms with Gasteiger partial charge in [0.05, 0.1) is 0 Å². The van der Waals surface area contributed by atoms with Crippen molar-refractivity contribution in [2.24, 2.45) is 11.8 Å². The molecule has 0 saturated heterocycles. The van der Waals surface area contributed by atoms with Crippen LogP contribution in [0.25, 0.3) is 0 Å². The first-order chi connectivity index (χ1) is 12.3. The maximum atomic E-state index is 10.9. The normalized spacial score (nSPS) is 20.5. The number of hydrogen-bond acceptors (Lipinski definition) is 2. The van der Waals surface area contributed by atoms with Gasteiger partial charge in [-0.2, -0.15) is 0 Å². The number of phenolic OH excluding ortho intramolecular Hbond substituents is 2. The molecule has 0 amide bonds. The van der Waals surface area contributed by atoms with Crippen LogP contribution in [0.5, 0.6) is 11.5 Å². The average Bonchev–Trinajstić information content (AvgIpc) is 2.58. The van der Waals surface area contributed by atoms with Crippen LogP contribution in [0, 0.1) is 39.5 Å². The topological polar surface area (TPSA) is 40.5 Å². The van der Waals surface area contributed by atoms with Gasteiger partial charge >= 0.3 is 0 Å². The molecule has 0 aromatic heterocycles. The number of hydrogen-bond donors (Lipinski definition) is 2. The van der Waals surface area contributed by atoms with Crippen LogP contribution >= 0.6 is 0 Å². The number of aryl methyl sites for hydroxylation is 4. The second-order valence-electron chi connectivity index (χ2n) is 8.54. The summed E-state index contributed by atoms with van der Waals surface area (Å²) in [5.74, 6) is 2.04. The lowest BCUT2D eigenvalue weighted by Crippen LogP contribution is -2.21. The molecule has 0 unspecified atom stereocenters. The van der Waals surface area contributed by atoms with Crippen molar-refractivity contribution in [3.63, 3.8) is 0 Å². The average molecular weight is 353 g/mol. The number of aromatic hydroxyl groups is 2.